The van der Waals surface area contributed by atoms with Crippen molar-refractivity contribution in [3.63, 3.8) is 0 Å². The quantitative estimate of drug-likeness (QED) is 0.840. The molecule has 1 atom stereocenters. The van der Waals surface area contributed by atoms with E-state index in [9.17, 15) is 9.59 Å². The Labute approximate surface area is 148 Å². The number of fused-ring (bicyclic) bond motifs is 1. The van der Waals surface area contributed by atoms with Gasteiger partial charge in [0.05, 0.1) is 5.56 Å². The minimum absolute atomic E-state index is 0.0489. The molecule has 5 heteroatoms. The fourth-order valence-corrected chi connectivity index (χ4v) is 5.11. The Morgan fingerprint density at radius 3 is 2.54 bits per heavy atom. The van der Waals surface area contributed by atoms with Gasteiger partial charge in [-0.1, -0.05) is 33.6 Å². The SMILES string of the molecule is CCC(C)(C)[C@@H]1CCc2c(sc(NC(=O)C3CCC3)c2C(N)=O)C1. The number of carbonyl (C=O) groups is 2. The number of primary amides is 1. The van der Waals surface area contributed by atoms with Gasteiger partial charge in [0, 0.05) is 10.8 Å². The predicted molar refractivity (Wildman–Crippen MR) is 98.4 cm³/mol. The number of carbonyl (C=O) groups excluding carboxylic acids is 2. The first kappa shape index (κ1) is 17.5. The highest BCUT2D eigenvalue weighted by Gasteiger charge is 2.35. The molecule has 3 rings (SSSR count). The van der Waals surface area contributed by atoms with Gasteiger partial charge >= 0.3 is 0 Å². The zero-order valence-corrected chi connectivity index (χ0v) is 15.7. The fraction of sp³-hybridized carbons (Fsp3) is 0.684. The summed E-state index contributed by atoms with van der Waals surface area (Å²) in [5.74, 6) is 0.360. The number of amides is 2. The van der Waals surface area contributed by atoms with Crippen LogP contribution in [0.15, 0.2) is 0 Å². The van der Waals surface area contributed by atoms with E-state index in [-0.39, 0.29) is 11.8 Å². The van der Waals surface area contributed by atoms with Crippen molar-refractivity contribution >= 4 is 28.2 Å². The summed E-state index contributed by atoms with van der Waals surface area (Å²) in [5.41, 5.74) is 7.59. The number of nitrogens with two attached hydrogens (primary N) is 1. The lowest BCUT2D eigenvalue weighted by Gasteiger charge is -2.36. The second-order valence-corrected chi connectivity index (χ2v) is 9.08. The monoisotopic (exact) mass is 348 g/mol. The average Bonchev–Trinajstić information content (AvgIpc) is 2.81. The second kappa shape index (κ2) is 6.51. The zero-order valence-electron chi connectivity index (χ0n) is 14.9. The van der Waals surface area contributed by atoms with Crippen molar-refractivity contribution in [1.29, 1.82) is 0 Å². The van der Waals surface area contributed by atoms with Crippen LogP contribution in [0.4, 0.5) is 5.00 Å². The molecule has 1 saturated carbocycles. The third-order valence-electron chi connectivity index (χ3n) is 6.24. The Kier molecular flexibility index (Phi) is 4.73. The summed E-state index contributed by atoms with van der Waals surface area (Å²) < 4.78 is 0. The van der Waals surface area contributed by atoms with Crippen LogP contribution in [0.5, 0.6) is 0 Å². The van der Waals surface area contributed by atoms with E-state index in [1.807, 2.05) is 0 Å². The average molecular weight is 349 g/mol. The van der Waals surface area contributed by atoms with E-state index in [4.69, 9.17) is 5.73 Å². The summed E-state index contributed by atoms with van der Waals surface area (Å²) in [6.45, 7) is 6.89. The molecular formula is C19H28N2O2S. The van der Waals surface area contributed by atoms with Crippen molar-refractivity contribution in [2.75, 3.05) is 5.32 Å². The van der Waals surface area contributed by atoms with Crippen LogP contribution in [-0.4, -0.2) is 11.8 Å². The summed E-state index contributed by atoms with van der Waals surface area (Å²) in [6.07, 6.45) is 7.13. The molecule has 4 nitrogen and oxygen atoms in total. The van der Waals surface area contributed by atoms with E-state index < -0.39 is 5.91 Å². The van der Waals surface area contributed by atoms with Crippen LogP contribution in [0.2, 0.25) is 0 Å². The molecule has 1 aromatic heterocycles. The van der Waals surface area contributed by atoms with Crippen LogP contribution in [-0.2, 0) is 17.6 Å². The lowest BCUT2D eigenvalue weighted by atomic mass is 9.69. The van der Waals surface area contributed by atoms with Crippen LogP contribution in [0.1, 0.15) is 73.7 Å². The van der Waals surface area contributed by atoms with Gasteiger partial charge in [0.15, 0.2) is 0 Å². The first-order valence-electron chi connectivity index (χ1n) is 9.08. The number of hydrogen-bond acceptors (Lipinski definition) is 3. The fourth-order valence-electron chi connectivity index (χ4n) is 3.77. The van der Waals surface area contributed by atoms with Gasteiger partial charge in [-0.05, 0) is 49.0 Å². The van der Waals surface area contributed by atoms with Gasteiger partial charge in [-0.2, -0.15) is 0 Å². The Morgan fingerprint density at radius 2 is 2.00 bits per heavy atom. The molecule has 2 amide bonds. The summed E-state index contributed by atoms with van der Waals surface area (Å²) in [7, 11) is 0. The maximum atomic E-state index is 12.3. The van der Waals surface area contributed by atoms with Gasteiger partial charge in [-0.15, -0.1) is 11.3 Å². The molecule has 0 unspecified atom stereocenters. The molecule has 1 heterocycles. The summed E-state index contributed by atoms with van der Waals surface area (Å²) in [5, 5.41) is 3.68. The minimum atomic E-state index is -0.412. The Bertz CT molecular complexity index is 659. The summed E-state index contributed by atoms with van der Waals surface area (Å²) in [6, 6.07) is 0. The van der Waals surface area contributed by atoms with Gasteiger partial charge < -0.3 is 11.1 Å². The van der Waals surface area contributed by atoms with Crippen molar-refractivity contribution in [3.8, 4) is 0 Å². The van der Waals surface area contributed by atoms with Crippen molar-refractivity contribution in [2.24, 2.45) is 23.0 Å². The molecule has 0 aliphatic heterocycles. The summed E-state index contributed by atoms with van der Waals surface area (Å²) in [4.78, 5) is 25.5. The van der Waals surface area contributed by atoms with E-state index in [0.29, 0.717) is 21.9 Å². The molecule has 132 valence electrons. The normalized spacial score (nSPS) is 21.0. The van der Waals surface area contributed by atoms with Crippen LogP contribution >= 0.6 is 11.3 Å². The van der Waals surface area contributed by atoms with Gasteiger partial charge in [-0.25, -0.2) is 0 Å². The highest BCUT2D eigenvalue weighted by atomic mass is 32.1. The molecular weight excluding hydrogens is 320 g/mol. The highest BCUT2D eigenvalue weighted by molar-refractivity contribution is 7.17. The number of nitrogens with one attached hydrogen (secondary N) is 1. The first-order chi connectivity index (χ1) is 11.3. The lowest BCUT2D eigenvalue weighted by molar-refractivity contribution is -0.122. The Balaban J connectivity index is 1.86. The second-order valence-electron chi connectivity index (χ2n) is 7.97. The highest BCUT2D eigenvalue weighted by Crippen LogP contribution is 2.45. The number of hydrogen-bond donors (Lipinski definition) is 2. The molecule has 0 spiro atoms. The molecule has 2 aliphatic carbocycles. The number of rotatable bonds is 5. The topological polar surface area (TPSA) is 72.2 Å². The molecule has 0 saturated heterocycles. The number of anilines is 1. The molecule has 0 radical (unpaired) electrons. The molecule has 0 aromatic carbocycles. The predicted octanol–water partition coefficient (Wildman–Crippen LogP) is 4.13. The third kappa shape index (κ3) is 3.10. The maximum absolute atomic E-state index is 12.3. The van der Waals surface area contributed by atoms with E-state index in [1.54, 1.807) is 11.3 Å². The van der Waals surface area contributed by atoms with Crippen LogP contribution in [0.3, 0.4) is 0 Å². The van der Waals surface area contributed by atoms with Crippen LogP contribution in [0, 0.1) is 17.3 Å². The lowest BCUT2D eigenvalue weighted by Crippen LogP contribution is -2.29. The largest absolute Gasteiger partial charge is 0.365 e. The van der Waals surface area contributed by atoms with Crippen molar-refractivity contribution in [2.45, 2.75) is 65.7 Å². The molecule has 1 aromatic rings. The van der Waals surface area contributed by atoms with E-state index in [1.165, 1.54) is 4.88 Å². The van der Waals surface area contributed by atoms with Crippen molar-refractivity contribution < 1.29 is 9.59 Å². The standard InChI is InChI=1S/C19H28N2O2S/c1-4-19(2,3)12-8-9-13-14(10-12)24-18(15(13)16(20)22)21-17(23)11-6-5-7-11/h11-12H,4-10H2,1-3H3,(H2,20,22)(H,21,23)/t12-/m1/s1. The van der Waals surface area contributed by atoms with Gasteiger partial charge in [-0.3, -0.25) is 9.59 Å². The van der Waals surface area contributed by atoms with Gasteiger partial charge in [0.1, 0.15) is 5.00 Å². The van der Waals surface area contributed by atoms with Crippen molar-refractivity contribution in [3.05, 3.63) is 16.0 Å². The van der Waals surface area contributed by atoms with Crippen LogP contribution in [0.25, 0.3) is 0 Å². The molecule has 24 heavy (non-hydrogen) atoms. The van der Waals surface area contributed by atoms with Crippen molar-refractivity contribution in [1.82, 2.24) is 0 Å². The number of thiophene rings is 1. The molecule has 1 fully saturated rings. The Morgan fingerprint density at radius 1 is 1.29 bits per heavy atom. The van der Waals surface area contributed by atoms with Gasteiger partial charge in [0.25, 0.3) is 5.91 Å². The summed E-state index contributed by atoms with van der Waals surface area (Å²) >= 11 is 1.57. The smallest absolute Gasteiger partial charge is 0.251 e. The third-order valence-corrected chi connectivity index (χ3v) is 7.41. The van der Waals surface area contributed by atoms with E-state index in [0.717, 1.165) is 50.5 Å². The maximum Gasteiger partial charge on any atom is 0.251 e. The van der Waals surface area contributed by atoms with Crippen LogP contribution < -0.4 is 11.1 Å². The van der Waals surface area contributed by atoms with E-state index >= 15 is 0 Å². The zero-order chi connectivity index (χ0) is 17.5. The molecule has 0 bridgehead atoms. The molecule has 2 aliphatic rings. The Hall–Kier alpha value is -1.36. The van der Waals surface area contributed by atoms with E-state index in [2.05, 4.69) is 26.1 Å². The van der Waals surface area contributed by atoms with Gasteiger partial charge in [0.2, 0.25) is 5.91 Å². The minimum Gasteiger partial charge on any atom is -0.365 e. The molecule has 3 N–H and O–H groups in total. The first-order valence-corrected chi connectivity index (χ1v) is 9.90.